The smallest absolute Gasteiger partial charge is 0.225 e. The Morgan fingerprint density at radius 1 is 1.67 bits per heavy atom. The molecule has 12 heavy (non-hydrogen) atoms. The number of alkyl halides is 1. The second-order valence-corrected chi connectivity index (χ2v) is 3.89. The highest BCUT2D eigenvalue weighted by Gasteiger charge is 2.29. The van der Waals surface area contributed by atoms with Crippen molar-refractivity contribution in [2.24, 2.45) is 5.92 Å². The summed E-state index contributed by atoms with van der Waals surface area (Å²) >= 11 is 5.66. The molecule has 1 unspecified atom stereocenters. The number of hydrogen-bond donors (Lipinski definition) is 0. The van der Waals surface area contributed by atoms with E-state index in [0.717, 1.165) is 12.8 Å². The molecule has 0 heterocycles. The van der Waals surface area contributed by atoms with Crippen LogP contribution in [0.15, 0.2) is 0 Å². The van der Waals surface area contributed by atoms with Crippen LogP contribution in [0.4, 0.5) is 0 Å². The molecule has 0 radical (unpaired) electrons. The molecule has 70 valence electrons. The molecule has 1 aliphatic rings. The van der Waals surface area contributed by atoms with E-state index in [1.165, 1.54) is 6.42 Å². The van der Waals surface area contributed by atoms with Crippen LogP contribution in [0.25, 0.3) is 0 Å². The summed E-state index contributed by atoms with van der Waals surface area (Å²) in [4.78, 5) is 13.4. The third-order valence-electron chi connectivity index (χ3n) is 2.69. The van der Waals surface area contributed by atoms with Crippen molar-refractivity contribution in [2.75, 3.05) is 12.9 Å². The monoisotopic (exact) mass is 189 g/mol. The molecule has 0 spiro atoms. The Bertz CT molecular complexity index is 168. The highest BCUT2D eigenvalue weighted by atomic mass is 35.5. The standard InChI is InChI=1S/C9H16ClNO/c1-7(6-10)11(2)9(12)8-4-3-5-8/h7-8H,3-6H2,1-2H3. The normalized spacial score (nSPS) is 19.9. The molecular formula is C9H16ClNO. The average molecular weight is 190 g/mol. The van der Waals surface area contributed by atoms with Gasteiger partial charge >= 0.3 is 0 Å². The first-order valence-corrected chi connectivity index (χ1v) is 5.03. The lowest BCUT2D eigenvalue weighted by Gasteiger charge is -2.32. The number of carbonyl (C=O) groups excluding carboxylic acids is 1. The zero-order chi connectivity index (χ0) is 9.14. The Kier molecular flexibility index (Phi) is 3.39. The predicted molar refractivity (Wildman–Crippen MR) is 50.3 cm³/mol. The van der Waals surface area contributed by atoms with Crippen LogP contribution in [-0.2, 0) is 4.79 Å². The number of carbonyl (C=O) groups is 1. The first-order chi connectivity index (χ1) is 5.66. The molecule has 0 aromatic carbocycles. The molecule has 1 amide bonds. The molecule has 1 atom stereocenters. The van der Waals surface area contributed by atoms with Crippen molar-refractivity contribution in [1.82, 2.24) is 4.90 Å². The summed E-state index contributed by atoms with van der Waals surface area (Å²) in [5.74, 6) is 1.09. The summed E-state index contributed by atoms with van der Waals surface area (Å²) in [6.07, 6.45) is 3.34. The van der Waals surface area contributed by atoms with E-state index in [-0.39, 0.29) is 11.9 Å². The minimum absolute atomic E-state index is 0.166. The first-order valence-electron chi connectivity index (χ1n) is 4.49. The van der Waals surface area contributed by atoms with Gasteiger partial charge in [-0.05, 0) is 19.8 Å². The average Bonchev–Trinajstić information content (AvgIpc) is 1.98. The van der Waals surface area contributed by atoms with E-state index >= 15 is 0 Å². The third-order valence-corrected chi connectivity index (χ3v) is 3.13. The maximum Gasteiger partial charge on any atom is 0.225 e. The fourth-order valence-electron chi connectivity index (χ4n) is 1.26. The third kappa shape index (κ3) is 1.92. The largest absolute Gasteiger partial charge is 0.342 e. The van der Waals surface area contributed by atoms with Crippen LogP contribution < -0.4 is 0 Å². The van der Waals surface area contributed by atoms with Crippen molar-refractivity contribution in [3.8, 4) is 0 Å². The van der Waals surface area contributed by atoms with E-state index in [9.17, 15) is 4.79 Å². The molecular weight excluding hydrogens is 174 g/mol. The summed E-state index contributed by atoms with van der Waals surface area (Å²) in [5.41, 5.74) is 0. The van der Waals surface area contributed by atoms with Gasteiger partial charge in [0.1, 0.15) is 0 Å². The van der Waals surface area contributed by atoms with Crippen LogP contribution in [0, 0.1) is 5.92 Å². The number of amides is 1. The fraction of sp³-hybridized carbons (Fsp3) is 0.889. The molecule has 2 nitrogen and oxygen atoms in total. The summed E-state index contributed by atoms with van der Waals surface area (Å²) < 4.78 is 0. The van der Waals surface area contributed by atoms with Crippen molar-refractivity contribution < 1.29 is 4.79 Å². The lowest BCUT2D eigenvalue weighted by molar-refractivity contribution is -0.138. The zero-order valence-corrected chi connectivity index (χ0v) is 8.47. The van der Waals surface area contributed by atoms with Gasteiger partial charge in [0.2, 0.25) is 5.91 Å². The van der Waals surface area contributed by atoms with Gasteiger partial charge in [0.15, 0.2) is 0 Å². The van der Waals surface area contributed by atoms with Gasteiger partial charge in [0.05, 0.1) is 0 Å². The highest BCUT2D eigenvalue weighted by Crippen LogP contribution is 2.28. The maximum atomic E-state index is 11.6. The molecule has 0 saturated heterocycles. The van der Waals surface area contributed by atoms with Crippen molar-refractivity contribution in [2.45, 2.75) is 32.2 Å². The first kappa shape index (κ1) is 9.85. The van der Waals surface area contributed by atoms with E-state index in [4.69, 9.17) is 11.6 Å². The molecule has 0 aromatic heterocycles. The van der Waals surface area contributed by atoms with E-state index in [1.807, 2.05) is 14.0 Å². The van der Waals surface area contributed by atoms with Crippen molar-refractivity contribution in [3.05, 3.63) is 0 Å². The van der Waals surface area contributed by atoms with E-state index in [0.29, 0.717) is 11.8 Å². The highest BCUT2D eigenvalue weighted by molar-refractivity contribution is 6.18. The Labute approximate surface area is 78.9 Å². The quantitative estimate of drug-likeness (QED) is 0.621. The van der Waals surface area contributed by atoms with E-state index in [1.54, 1.807) is 4.90 Å². The Morgan fingerprint density at radius 2 is 2.25 bits per heavy atom. The SMILES string of the molecule is CC(CCl)N(C)C(=O)C1CCC1. The number of hydrogen-bond acceptors (Lipinski definition) is 1. The zero-order valence-electron chi connectivity index (χ0n) is 7.72. The van der Waals surface area contributed by atoms with Gasteiger partial charge in [0, 0.05) is 24.9 Å². The van der Waals surface area contributed by atoms with Crippen molar-refractivity contribution in [3.63, 3.8) is 0 Å². The van der Waals surface area contributed by atoms with Gasteiger partial charge in [-0.25, -0.2) is 0 Å². The van der Waals surface area contributed by atoms with Crippen LogP contribution in [0.3, 0.4) is 0 Å². The van der Waals surface area contributed by atoms with Crippen LogP contribution in [0.2, 0.25) is 0 Å². The van der Waals surface area contributed by atoms with Crippen LogP contribution in [-0.4, -0.2) is 29.8 Å². The lowest BCUT2D eigenvalue weighted by Crippen LogP contribution is -2.42. The molecule has 0 aromatic rings. The molecule has 0 N–H and O–H groups in total. The number of rotatable bonds is 3. The minimum atomic E-state index is 0.166. The molecule has 1 fully saturated rings. The molecule has 1 aliphatic carbocycles. The van der Waals surface area contributed by atoms with Gasteiger partial charge in [-0.15, -0.1) is 11.6 Å². The molecule has 3 heteroatoms. The molecule has 0 bridgehead atoms. The van der Waals surface area contributed by atoms with Gasteiger partial charge in [-0.1, -0.05) is 6.42 Å². The number of halogens is 1. The maximum absolute atomic E-state index is 11.6. The van der Waals surface area contributed by atoms with Crippen LogP contribution >= 0.6 is 11.6 Å². The minimum Gasteiger partial charge on any atom is -0.342 e. The summed E-state index contributed by atoms with van der Waals surface area (Å²) in [6.45, 7) is 1.98. The predicted octanol–water partition coefficient (Wildman–Crippen LogP) is 1.87. The van der Waals surface area contributed by atoms with Gasteiger partial charge in [-0.3, -0.25) is 4.79 Å². The van der Waals surface area contributed by atoms with Gasteiger partial charge < -0.3 is 4.90 Å². The molecule has 1 rings (SSSR count). The van der Waals surface area contributed by atoms with Gasteiger partial charge in [-0.2, -0.15) is 0 Å². The Hall–Kier alpha value is -0.240. The van der Waals surface area contributed by atoms with E-state index in [2.05, 4.69) is 0 Å². The molecule has 1 saturated carbocycles. The second kappa shape index (κ2) is 4.13. The summed E-state index contributed by atoms with van der Waals surface area (Å²) in [6, 6.07) is 0.166. The lowest BCUT2D eigenvalue weighted by atomic mass is 9.84. The fourth-order valence-corrected chi connectivity index (χ4v) is 1.47. The molecule has 0 aliphatic heterocycles. The number of nitrogens with zero attached hydrogens (tertiary/aromatic N) is 1. The second-order valence-electron chi connectivity index (χ2n) is 3.58. The van der Waals surface area contributed by atoms with Crippen LogP contribution in [0.1, 0.15) is 26.2 Å². The summed E-state index contributed by atoms with van der Waals surface area (Å²) in [7, 11) is 1.84. The Morgan fingerprint density at radius 3 is 2.58 bits per heavy atom. The van der Waals surface area contributed by atoms with Crippen molar-refractivity contribution in [1.29, 1.82) is 0 Å². The topological polar surface area (TPSA) is 20.3 Å². The summed E-state index contributed by atoms with van der Waals surface area (Å²) in [5, 5.41) is 0. The van der Waals surface area contributed by atoms with Gasteiger partial charge in [0.25, 0.3) is 0 Å². The Balaban J connectivity index is 2.39. The van der Waals surface area contributed by atoms with E-state index < -0.39 is 0 Å². The van der Waals surface area contributed by atoms with Crippen LogP contribution in [0.5, 0.6) is 0 Å². The van der Waals surface area contributed by atoms with Crippen molar-refractivity contribution >= 4 is 17.5 Å².